The molecule has 0 radical (unpaired) electrons. The van der Waals surface area contributed by atoms with E-state index < -0.39 is 10.0 Å². The van der Waals surface area contributed by atoms with Gasteiger partial charge < -0.3 is 5.11 Å². The Labute approximate surface area is 125 Å². The lowest BCUT2D eigenvalue weighted by Gasteiger charge is -2.17. The van der Waals surface area contributed by atoms with Crippen LogP contribution in [-0.2, 0) is 10.0 Å². The minimum absolute atomic E-state index is 0.122. The molecule has 0 unspecified atom stereocenters. The second-order valence-corrected chi connectivity index (χ2v) is 6.92. The van der Waals surface area contributed by atoms with Crippen LogP contribution >= 0.6 is 0 Å². The van der Waals surface area contributed by atoms with Gasteiger partial charge in [0.2, 0.25) is 0 Å². The number of sulfonamides is 1. The number of para-hydroxylation sites is 2. The summed E-state index contributed by atoms with van der Waals surface area (Å²) in [5, 5.41) is 9.75. The highest BCUT2D eigenvalue weighted by Crippen LogP contribution is 2.31. The van der Waals surface area contributed by atoms with Gasteiger partial charge in [0.05, 0.1) is 5.69 Å². The van der Waals surface area contributed by atoms with Gasteiger partial charge in [0.15, 0.2) is 0 Å². The van der Waals surface area contributed by atoms with Gasteiger partial charge in [0.25, 0.3) is 10.0 Å². The highest BCUT2D eigenvalue weighted by atomic mass is 32.2. The van der Waals surface area contributed by atoms with E-state index in [-0.39, 0.29) is 16.6 Å². The zero-order valence-corrected chi connectivity index (χ0v) is 13.1. The molecule has 0 bridgehead atoms. The predicted octanol–water partition coefficient (Wildman–Crippen LogP) is 3.62. The molecule has 2 aromatic carbocycles. The molecule has 2 aromatic rings. The van der Waals surface area contributed by atoms with Crippen LogP contribution in [0.15, 0.2) is 47.4 Å². The third-order valence-electron chi connectivity index (χ3n) is 3.32. The quantitative estimate of drug-likeness (QED) is 0.906. The molecular formula is C16H19NO3S. The van der Waals surface area contributed by atoms with Gasteiger partial charge in [0, 0.05) is 0 Å². The third-order valence-corrected chi connectivity index (χ3v) is 4.72. The Bertz CT molecular complexity index is 752. The summed E-state index contributed by atoms with van der Waals surface area (Å²) in [5.41, 5.74) is 2.35. The van der Waals surface area contributed by atoms with Gasteiger partial charge in [-0.3, -0.25) is 4.72 Å². The minimum atomic E-state index is -3.82. The molecule has 0 saturated heterocycles. The molecule has 5 heteroatoms. The number of nitrogens with one attached hydrogen (secondary N) is 1. The fourth-order valence-corrected chi connectivity index (χ4v) is 3.44. The minimum Gasteiger partial charge on any atom is -0.507 e. The zero-order chi connectivity index (χ0) is 15.6. The Morgan fingerprint density at radius 3 is 2.33 bits per heavy atom. The number of phenols is 1. The standard InChI is InChI=1S/C16H19NO3S/c1-11(2)13-8-6-7-12(3)16(13)17-21(19,20)15-10-5-4-9-14(15)18/h4-11,17-18H,1-3H3. The van der Waals surface area contributed by atoms with Crippen LogP contribution in [0.5, 0.6) is 5.75 Å². The second-order valence-electron chi connectivity index (χ2n) is 5.27. The Hall–Kier alpha value is -2.01. The predicted molar refractivity (Wildman–Crippen MR) is 84.2 cm³/mol. The van der Waals surface area contributed by atoms with Gasteiger partial charge in [-0.1, -0.05) is 44.2 Å². The van der Waals surface area contributed by atoms with Crippen LogP contribution in [0.25, 0.3) is 0 Å². The van der Waals surface area contributed by atoms with E-state index >= 15 is 0 Å². The van der Waals surface area contributed by atoms with Crippen LogP contribution in [-0.4, -0.2) is 13.5 Å². The first-order chi connectivity index (χ1) is 9.83. The fourth-order valence-electron chi connectivity index (χ4n) is 2.18. The molecule has 0 atom stereocenters. The first-order valence-electron chi connectivity index (χ1n) is 6.73. The topological polar surface area (TPSA) is 66.4 Å². The van der Waals surface area contributed by atoms with Crippen molar-refractivity contribution < 1.29 is 13.5 Å². The fraction of sp³-hybridized carbons (Fsp3) is 0.250. The Kier molecular flexibility index (Phi) is 4.23. The number of benzene rings is 2. The molecule has 2 rings (SSSR count). The van der Waals surface area contributed by atoms with Crippen molar-refractivity contribution in [3.8, 4) is 5.75 Å². The van der Waals surface area contributed by atoms with Gasteiger partial charge in [-0.15, -0.1) is 0 Å². The molecule has 0 heterocycles. The van der Waals surface area contributed by atoms with Crippen LogP contribution in [0.3, 0.4) is 0 Å². The maximum Gasteiger partial charge on any atom is 0.265 e. The van der Waals surface area contributed by atoms with Gasteiger partial charge >= 0.3 is 0 Å². The van der Waals surface area contributed by atoms with Gasteiger partial charge in [0.1, 0.15) is 10.6 Å². The van der Waals surface area contributed by atoms with Crippen molar-refractivity contribution >= 4 is 15.7 Å². The Morgan fingerprint density at radius 2 is 1.71 bits per heavy atom. The molecule has 4 nitrogen and oxygen atoms in total. The summed E-state index contributed by atoms with van der Waals surface area (Å²) >= 11 is 0. The summed E-state index contributed by atoms with van der Waals surface area (Å²) < 4.78 is 27.6. The van der Waals surface area contributed by atoms with Gasteiger partial charge in [-0.25, -0.2) is 8.42 Å². The molecule has 0 aliphatic heterocycles. The lowest BCUT2D eigenvalue weighted by molar-refractivity contribution is 0.459. The summed E-state index contributed by atoms with van der Waals surface area (Å²) in [6.07, 6.45) is 0. The molecule has 0 aliphatic carbocycles. The summed E-state index contributed by atoms with van der Waals surface area (Å²) in [6.45, 7) is 5.87. The number of phenolic OH excluding ortho intramolecular Hbond substituents is 1. The maximum absolute atomic E-state index is 12.5. The van der Waals surface area contributed by atoms with Gasteiger partial charge in [-0.05, 0) is 36.1 Å². The number of hydrogen-bond donors (Lipinski definition) is 2. The van der Waals surface area contributed by atoms with E-state index in [0.717, 1.165) is 11.1 Å². The van der Waals surface area contributed by atoms with E-state index in [1.165, 1.54) is 12.1 Å². The van der Waals surface area contributed by atoms with Crippen LogP contribution in [0, 0.1) is 6.92 Å². The van der Waals surface area contributed by atoms with E-state index in [1.807, 2.05) is 39.0 Å². The molecule has 112 valence electrons. The number of aromatic hydroxyl groups is 1. The van der Waals surface area contributed by atoms with Gasteiger partial charge in [-0.2, -0.15) is 0 Å². The number of aryl methyl sites for hydroxylation is 1. The van der Waals surface area contributed by atoms with Crippen molar-refractivity contribution in [3.63, 3.8) is 0 Å². The summed E-state index contributed by atoms with van der Waals surface area (Å²) in [4.78, 5) is -0.122. The van der Waals surface area contributed by atoms with Crippen LogP contribution < -0.4 is 4.72 Å². The van der Waals surface area contributed by atoms with E-state index in [4.69, 9.17) is 0 Å². The third kappa shape index (κ3) is 3.19. The molecule has 2 N–H and O–H groups in total. The molecule has 0 saturated carbocycles. The van der Waals surface area contributed by atoms with E-state index in [0.29, 0.717) is 5.69 Å². The van der Waals surface area contributed by atoms with Crippen molar-refractivity contribution in [2.24, 2.45) is 0 Å². The molecular weight excluding hydrogens is 286 g/mol. The van der Waals surface area contributed by atoms with Crippen LogP contribution in [0.2, 0.25) is 0 Å². The lowest BCUT2D eigenvalue weighted by atomic mass is 9.99. The number of rotatable bonds is 4. The Morgan fingerprint density at radius 1 is 1.05 bits per heavy atom. The molecule has 0 aliphatic rings. The van der Waals surface area contributed by atoms with Crippen LogP contribution in [0.4, 0.5) is 5.69 Å². The monoisotopic (exact) mass is 305 g/mol. The average Bonchev–Trinajstić information content (AvgIpc) is 2.41. The van der Waals surface area contributed by atoms with Crippen molar-refractivity contribution in [2.75, 3.05) is 4.72 Å². The normalized spacial score (nSPS) is 11.6. The summed E-state index contributed by atoms with van der Waals surface area (Å²) in [7, 11) is -3.82. The lowest BCUT2D eigenvalue weighted by Crippen LogP contribution is -2.15. The largest absolute Gasteiger partial charge is 0.507 e. The Balaban J connectivity index is 2.50. The highest BCUT2D eigenvalue weighted by molar-refractivity contribution is 7.92. The molecule has 0 spiro atoms. The number of anilines is 1. The van der Waals surface area contributed by atoms with Crippen molar-refractivity contribution in [2.45, 2.75) is 31.6 Å². The number of hydrogen-bond acceptors (Lipinski definition) is 3. The SMILES string of the molecule is Cc1cccc(C(C)C)c1NS(=O)(=O)c1ccccc1O. The molecule has 21 heavy (non-hydrogen) atoms. The smallest absolute Gasteiger partial charge is 0.265 e. The first kappa shape index (κ1) is 15.4. The zero-order valence-electron chi connectivity index (χ0n) is 12.3. The van der Waals surface area contributed by atoms with E-state index in [2.05, 4.69) is 4.72 Å². The van der Waals surface area contributed by atoms with E-state index in [1.54, 1.807) is 12.1 Å². The summed E-state index contributed by atoms with van der Waals surface area (Å²) in [5.74, 6) is -0.0725. The summed E-state index contributed by atoms with van der Waals surface area (Å²) in [6, 6.07) is 11.6. The van der Waals surface area contributed by atoms with E-state index in [9.17, 15) is 13.5 Å². The average molecular weight is 305 g/mol. The van der Waals surface area contributed by atoms with Crippen molar-refractivity contribution in [3.05, 3.63) is 53.6 Å². The first-order valence-corrected chi connectivity index (χ1v) is 8.21. The van der Waals surface area contributed by atoms with Crippen LogP contribution in [0.1, 0.15) is 30.9 Å². The second kappa shape index (κ2) is 5.77. The highest BCUT2D eigenvalue weighted by Gasteiger charge is 2.21. The van der Waals surface area contributed by atoms with Crippen molar-refractivity contribution in [1.29, 1.82) is 0 Å². The molecule has 0 amide bonds. The maximum atomic E-state index is 12.5. The molecule has 0 fully saturated rings. The molecule has 0 aromatic heterocycles. The van der Waals surface area contributed by atoms with Crippen molar-refractivity contribution in [1.82, 2.24) is 0 Å².